The zero-order valence-corrected chi connectivity index (χ0v) is 13.4. The molecule has 0 aromatic rings. The number of esters is 1. The summed E-state index contributed by atoms with van der Waals surface area (Å²) in [5.41, 5.74) is -1.01. The van der Waals surface area contributed by atoms with Crippen LogP contribution in [0.3, 0.4) is 0 Å². The van der Waals surface area contributed by atoms with Crippen molar-refractivity contribution in [2.75, 3.05) is 13.2 Å². The van der Waals surface area contributed by atoms with Gasteiger partial charge in [-0.15, -0.1) is 0 Å². The van der Waals surface area contributed by atoms with E-state index >= 15 is 0 Å². The third-order valence-corrected chi connectivity index (χ3v) is 5.17. The molecule has 24 heavy (non-hydrogen) atoms. The number of carbonyl (C=O) groups excluding carboxylic acids is 1. The van der Waals surface area contributed by atoms with Gasteiger partial charge in [-0.25, -0.2) is 0 Å². The van der Waals surface area contributed by atoms with Crippen LogP contribution in [0.5, 0.6) is 0 Å². The molecule has 0 aromatic heterocycles. The maximum atomic E-state index is 13.2. The average molecular weight is 356 g/mol. The van der Waals surface area contributed by atoms with E-state index in [4.69, 9.17) is 5.11 Å². The number of hydrogen-bond donors (Lipinski definition) is 2. The minimum Gasteiger partial charge on any atom is -0.459 e. The monoisotopic (exact) mass is 356 g/mol. The standard InChI is InChI=1S/C16H24F4O4/c17-15(18,9-21)16(19,20)10-24-13(22)4-5-14(23)7-11-2-1-3-12(6-11)8-14/h11-12,21,23H,1-10H2. The topological polar surface area (TPSA) is 66.8 Å². The zero-order valence-electron chi connectivity index (χ0n) is 13.4. The second kappa shape index (κ2) is 7.15. The molecule has 140 valence electrons. The highest BCUT2D eigenvalue weighted by Gasteiger charge is 2.56. The van der Waals surface area contributed by atoms with E-state index in [2.05, 4.69) is 4.74 Å². The first-order valence-corrected chi connectivity index (χ1v) is 8.31. The number of fused-ring (bicyclic) bond motifs is 2. The molecule has 0 heterocycles. The molecule has 2 fully saturated rings. The molecular formula is C16H24F4O4. The lowest BCUT2D eigenvalue weighted by Gasteiger charge is -2.44. The number of carbonyl (C=O) groups is 1. The fraction of sp³-hybridized carbons (Fsp3) is 0.938. The molecule has 2 N–H and O–H groups in total. The molecule has 2 saturated carbocycles. The number of alkyl halides is 4. The van der Waals surface area contributed by atoms with E-state index in [1.54, 1.807) is 0 Å². The quantitative estimate of drug-likeness (QED) is 0.544. The predicted molar refractivity (Wildman–Crippen MR) is 76.8 cm³/mol. The highest BCUT2D eigenvalue weighted by atomic mass is 19.3. The summed E-state index contributed by atoms with van der Waals surface area (Å²) in [6, 6.07) is 0. The average Bonchev–Trinajstić information content (AvgIpc) is 2.50. The Balaban J connectivity index is 1.79. The van der Waals surface area contributed by atoms with Crippen molar-refractivity contribution in [1.29, 1.82) is 0 Å². The molecule has 2 unspecified atom stereocenters. The minimum absolute atomic E-state index is 0.0841. The summed E-state index contributed by atoms with van der Waals surface area (Å²) in [4.78, 5) is 11.6. The number of rotatable bonds is 7. The molecule has 0 aromatic carbocycles. The molecule has 0 amide bonds. The summed E-state index contributed by atoms with van der Waals surface area (Å²) < 4.78 is 56.2. The van der Waals surface area contributed by atoms with Gasteiger partial charge in [0.25, 0.3) is 0 Å². The van der Waals surface area contributed by atoms with Crippen molar-refractivity contribution >= 4 is 5.97 Å². The molecule has 0 aliphatic heterocycles. The third-order valence-electron chi connectivity index (χ3n) is 5.17. The van der Waals surface area contributed by atoms with E-state index in [-0.39, 0.29) is 12.8 Å². The first-order chi connectivity index (χ1) is 11.1. The van der Waals surface area contributed by atoms with E-state index in [1.165, 1.54) is 0 Å². The first-order valence-electron chi connectivity index (χ1n) is 8.31. The Morgan fingerprint density at radius 1 is 1.12 bits per heavy atom. The molecule has 0 spiro atoms. The summed E-state index contributed by atoms with van der Waals surface area (Å²) in [7, 11) is 0. The molecule has 2 atom stereocenters. The van der Waals surface area contributed by atoms with Gasteiger partial charge in [0.2, 0.25) is 0 Å². The molecule has 2 rings (SSSR count). The number of halogens is 4. The van der Waals surface area contributed by atoms with Crippen LogP contribution >= 0.6 is 0 Å². The Kier molecular flexibility index (Phi) is 5.79. The third kappa shape index (κ3) is 4.59. The van der Waals surface area contributed by atoms with Crippen molar-refractivity contribution in [1.82, 2.24) is 0 Å². The van der Waals surface area contributed by atoms with Gasteiger partial charge in [-0.2, -0.15) is 17.6 Å². The molecule has 2 aliphatic carbocycles. The van der Waals surface area contributed by atoms with E-state index in [0.29, 0.717) is 24.7 Å². The van der Waals surface area contributed by atoms with Crippen LogP contribution in [0.15, 0.2) is 0 Å². The van der Waals surface area contributed by atoms with Gasteiger partial charge in [0.05, 0.1) is 5.60 Å². The molecule has 2 bridgehead atoms. The van der Waals surface area contributed by atoms with Crippen LogP contribution in [0.4, 0.5) is 17.6 Å². The summed E-state index contributed by atoms with van der Waals surface area (Å²) in [5.74, 6) is -9.48. The largest absolute Gasteiger partial charge is 0.459 e. The van der Waals surface area contributed by atoms with Gasteiger partial charge in [-0.05, 0) is 37.5 Å². The van der Waals surface area contributed by atoms with Crippen molar-refractivity contribution in [3.8, 4) is 0 Å². The van der Waals surface area contributed by atoms with Crippen LogP contribution in [-0.4, -0.2) is 46.8 Å². The SMILES string of the molecule is O=C(CCC1(O)CC2CCCC(C2)C1)OCC(F)(F)C(F)(F)CO. The van der Waals surface area contributed by atoms with Crippen molar-refractivity contribution in [3.05, 3.63) is 0 Å². The van der Waals surface area contributed by atoms with Crippen LogP contribution < -0.4 is 0 Å². The van der Waals surface area contributed by atoms with Crippen molar-refractivity contribution in [2.24, 2.45) is 11.8 Å². The van der Waals surface area contributed by atoms with Crippen molar-refractivity contribution in [3.63, 3.8) is 0 Å². The maximum Gasteiger partial charge on any atom is 0.345 e. The molecule has 8 heteroatoms. The smallest absolute Gasteiger partial charge is 0.345 e. The lowest BCUT2D eigenvalue weighted by molar-refractivity contribution is -0.244. The molecule has 2 aliphatic rings. The fourth-order valence-corrected chi connectivity index (χ4v) is 3.93. The van der Waals surface area contributed by atoms with Crippen LogP contribution in [0.25, 0.3) is 0 Å². The van der Waals surface area contributed by atoms with E-state index in [0.717, 1.165) is 25.7 Å². The first kappa shape index (κ1) is 19.4. The van der Waals surface area contributed by atoms with E-state index in [9.17, 15) is 27.5 Å². The number of ether oxygens (including phenoxy) is 1. The molecule has 0 radical (unpaired) electrons. The van der Waals surface area contributed by atoms with Gasteiger partial charge in [0.15, 0.2) is 6.61 Å². The Hall–Kier alpha value is -0.890. The second-order valence-corrected chi connectivity index (χ2v) is 7.26. The van der Waals surface area contributed by atoms with Crippen LogP contribution in [0.2, 0.25) is 0 Å². The highest BCUT2D eigenvalue weighted by molar-refractivity contribution is 5.69. The van der Waals surface area contributed by atoms with Gasteiger partial charge < -0.3 is 14.9 Å². The minimum atomic E-state index is -4.65. The zero-order chi connectivity index (χ0) is 18.0. The summed E-state index contributed by atoms with van der Waals surface area (Å²) in [6.07, 6.45) is 5.26. The highest BCUT2D eigenvalue weighted by Crippen LogP contribution is 2.46. The van der Waals surface area contributed by atoms with Crippen molar-refractivity contribution < 1.29 is 37.3 Å². The molecule has 4 nitrogen and oxygen atoms in total. The summed E-state index contributed by atoms with van der Waals surface area (Å²) >= 11 is 0. The number of hydrogen-bond acceptors (Lipinski definition) is 4. The normalized spacial score (nSPS) is 30.9. The van der Waals surface area contributed by atoms with Crippen LogP contribution in [0.1, 0.15) is 51.4 Å². The van der Waals surface area contributed by atoms with Gasteiger partial charge >= 0.3 is 17.8 Å². The Morgan fingerprint density at radius 2 is 1.71 bits per heavy atom. The second-order valence-electron chi connectivity index (χ2n) is 7.26. The lowest BCUT2D eigenvalue weighted by Crippen LogP contribution is -2.47. The van der Waals surface area contributed by atoms with Gasteiger partial charge in [0.1, 0.15) is 6.61 Å². The Labute approximate surface area is 138 Å². The van der Waals surface area contributed by atoms with Gasteiger partial charge in [-0.1, -0.05) is 19.3 Å². The van der Waals surface area contributed by atoms with Crippen LogP contribution in [0, 0.1) is 11.8 Å². The number of aliphatic hydroxyl groups is 2. The predicted octanol–water partition coefficient (Wildman–Crippen LogP) is 2.90. The van der Waals surface area contributed by atoms with Crippen molar-refractivity contribution in [2.45, 2.75) is 68.8 Å². The van der Waals surface area contributed by atoms with Gasteiger partial charge in [0, 0.05) is 6.42 Å². The fourth-order valence-electron chi connectivity index (χ4n) is 3.93. The van der Waals surface area contributed by atoms with E-state index in [1.807, 2.05) is 0 Å². The molecule has 0 saturated heterocycles. The van der Waals surface area contributed by atoms with Gasteiger partial charge in [-0.3, -0.25) is 4.79 Å². The lowest BCUT2D eigenvalue weighted by atomic mass is 9.65. The summed E-state index contributed by atoms with van der Waals surface area (Å²) in [6.45, 7) is -3.82. The molecular weight excluding hydrogens is 332 g/mol. The van der Waals surface area contributed by atoms with Crippen LogP contribution in [-0.2, 0) is 9.53 Å². The summed E-state index contributed by atoms with van der Waals surface area (Å²) in [5, 5.41) is 18.9. The Bertz CT molecular complexity index is 443. The van der Waals surface area contributed by atoms with E-state index < -0.39 is 36.6 Å². The maximum absolute atomic E-state index is 13.2. The number of aliphatic hydroxyl groups excluding tert-OH is 1. The Morgan fingerprint density at radius 3 is 2.25 bits per heavy atom.